The fourth-order valence-electron chi connectivity index (χ4n) is 1.81. The number of aryl methyl sites for hydroxylation is 1. The highest BCUT2D eigenvalue weighted by Crippen LogP contribution is 2.29. The van der Waals surface area contributed by atoms with E-state index in [1.54, 1.807) is 31.2 Å². The third-order valence-corrected chi connectivity index (χ3v) is 3.56. The van der Waals surface area contributed by atoms with E-state index in [1.807, 2.05) is 0 Å². The van der Waals surface area contributed by atoms with Gasteiger partial charge in [-0.25, -0.2) is 0 Å². The van der Waals surface area contributed by atoms with Gasteiger partial charge in [-0.1, -0.05) is 22.0 Å². The van der Waals surface area contributed by atoms with Crippen LogP contribution in [0.5, 0.6) is 11.5 Å². The molecule has 104 valence electrons. The topological polar surface area (TPSA) is 72.6 Å². The van der Waals surface area contributed by atoms with Crippen molar-refractivity contribution in [3.8, 4) is 11.5 Å². The number of nitro benzene ring substituents is 1. The van der Waals surface area contributed by atoms with E-state index in [9.17, 15) is 15.2 Å². The van der Waals surface area contributed by atoms with Crippen LogP contribution in [0.2, 0.25) is 0 Å². The second kappa shape index (κ2) is 5.92. The molecule has 0 bridgehead atoms. The highest BCUT2D eigenvalue weighted by molar-refractivity contribution is 9.10. The Morgan fingerprint density at radius 1 is 1.35 bits per heavy atom. The molecule has 6 heteroatoms. The zero-order valence-corrected chi connectivity index (χ0v) is 12.3. The smallest absolute Gasteiger partial charge is 0.277 e. The monoisotopic (exact) mass is 337 g/mol. The fourth-order valence-corrected chi connectivity index (χ4v) is 2.28. The number of benzene rings is 2. The van der Waals surface area contributed by atoms with E-state index in [1.165, 1.54) is 12.1 Å². The van der Waals surface area contributed by atoms with Gasteiger partial charge in [0, 0.05) is 10.5 Å². The first-order valence-electron chi connectivity index (χ1n) is 5.83. The Balaban J connectivity index is 2.25. The number of halogens is 1. The lowest BCUT2D eigenvalue weighted by molar-refractivity contribution is -0.385. The molecule has 5 nitrogen and oxygen atoms in total. The molecule has 0 aliphatic carbocycles. The standard InChI is InChI=1S/C14H12BrNO4/c1-9-7-10(17)5-6-14(9)20-8-11-12(15)3-2-4-13(11)16(18)19/h2-7,17H,8H2,1H3. The maximum absolute atomic E-state index is 11.0. The molecule has 0 atom stereocenters. The van der Waals surface area contributed by atoms with Crippen LogP contribution in [0, 0.1) is 17.0 Å². The molecule has 0 saturated carbocycles. The summed E-state index contributed by atoms with van der Waals surface area (Å²) in [4.78, 5) is 10.6. The number of hydrogen-bond donors (Lipinski definition) is 1. The van der Waals surface area contributed by atoms with Gasteiger partial charge in [0.1, 0.15) is 18.1 Å². The summed E-state index contributed by atoms with van der Waals surface area (Å²) < 4.78 is 6.23. The van der Waals surface area contributed by atoms with Crippen LogP contribution in [0.25, 0.3) is 0 Å². The second-order valence-corrected chi connectivity index (χ2v) is 5.09. The van der Waals surface area contributed by atoms with E-state index in [0.717, 1.165) is 5.56 Å². The molecule has 0 aliphatic rings. The van der Waals surface area contributed by atoms with Crippen molar-refractivity contribution in [3.63, 3.8) is 0 Å². The number of phenols is 1. The predicted molar refractivity (Wildman–Crippen MR) is 78.0 cm³/mol. The summed E-state index contributed by atoms with van der Waals surface area (Å²) in [7, 11) is 0. The van der Waals surface area contributed by atoms with E-state index in [2.05, 4.69) is 15.9 Å². The summed E-state index contributed by atoms with van der Waals surface area (Å²) in [5.74, 6) is 0.731. The molecular formula is C14H12BrNO4. The van der Waals surface area contributed by atoms with Crippen LogP contribution in [0.15, 0.2) is 40.9 Å². The van der Waals surface area contributed by atoms with Gasteiger partial charge in [0.2, 0.25) is 0 Å². The Hall–Kier alpha value is -2.08. The van der Waals surface area contributed by atoms with Gasteiger partial charge >= 0.3 is 0 Å². The minimum absolute atomic E-state index is 0.0100. The van der Waals surface area contributed by atoms with Crippen molar-refractivity contribution in [1.29, 1.82) is 0 Å². The maximum atomic E-state index is 11.0. The van der Waals surface area contributed by atoms with E-state index in [0.29, 0.717) is 15.8 Å². The van der Waals surface area contributed by atoms with Crippen LogP contribution < -0.4 is 4.74 Å². The molecule has 1 N–H and O–H groups in total. The Morgan fingerprint density at radius 3 is 2.75 bits per heavy atom. The third kappa shape index (κ3) is 3.08. The molecule has 0 saturated heterocycles. The second-order valence-electron chi connectivity index (χ2n) is 4.23. The van der Waals surface area contributed by atoms with Crippen LogP contribution >= 0.6 is 15.9 Å². The van der Waals surface area contributed by atoms with Crippen LogP contribution in [0.4, 0.5) is 5.69 Å². The average Bonchev–Trinajstić information content (AvgIpc) is 2.38. The van der Waals surface area contributed by atoms with E-state index in [4.69, 9.17) is 4.74 Å². The van der Waals surface area contributed by atoms with Crippen molar-refractivity contribution in [1.82, 2.24) is 0 Å². The summed E-state index contributed by atoms with van der Waals surface area (Å²) in [6, 6.07) is 9.49. The molecule has 20 heavy (non-hydrogen) atoms. The number of nitro groups is 1. The molecule has 2 rings (SSSR count). The van der Waals surface area contributed by atoms with Crippen LogP contribution in [-0.4, -0.2) is 10.0 Å². The summed E-state index contributed by atoms with van der Waals surface area (Å²) in [5.41, 5.74) is 1.25. The maximum Gasteiger partial charge on any atom is 0.277 e. The Kier molecular flexibility index (Phi) is 4.24. The lowest BCUT2D eigenvalue weighted by atomic mass is 10.2. The van der Waals surface area contributed by atoms with Crippen molar-refractivity contribution in [2.24, 2.45) is 0 Å². The van der Waals surface area contributed by atoms with Gasteiger partial charge < -0.3 is 9.84 Å². The molecule has 0 aliphatic heterocycles. The van der Waals surface area contributed by atoms with Gasteiger partial charge in [0.25, 0.3) is 5.69 Å². The molecule has 0 aromatic heterocycles. The molecule has 0 fully saturated rings. The fraction of sp³-hybridized carbons (Fsp3) is 0.143. The Labute approximate surface area is 124 Å². The molecule has 0 unspecified atom stereocenters. The highest BCUT2D eigenvalue weighted by Gasteiger charge is 2.17. The zero-order valence-electron chi connectivity index (χ0n) is 10.7. The molecule has 2 aromatic rings. The van der Waals surface area contributed by atoms with Crippen molar-refractivity contribution in [3.05, 3.63) is 62.1 Å². The number of hydrogen-bond acceptors (Lipinski definition) is 4. The zero-order chi connectivity index (χ0) is 14.7. The molecular weight excluding hydrogens is 326 g/mol. The normalized spacial score (nSPS) is 10.3. The van der Waals surface area contributed by atoms with Crippen LogP contribution in [0.1, 0.15) is 11.1 Å². The van der Waals surface area contributed by atoms with Crippen LogP contribution in [-0.2, 0) is 6.61 Å². The lowest BCUT2D eigenvalue weighted by Gasteiger charge is -2.10. The SMILES string of the molecule is Cc1cc(O)ccc1OCc1c(Br)cccc1[N+](=O)[O-]. The number of nitrogens with zero attached hydrogens (tertiary/aromatic N) is 1. The molecule has 0 amide bonds. The summed E-state index contributed by atoms with van der Waals surface area (Å²) in [5, 5.41) is 20.3. The quantitative estimate of drug-likeness (QED) is 0.677. The van der Waals surface area contributed by atoms with Crippen molar-refractivity contribution in [2.45, 2.75) is 13.5 Å². The van der Waals surface area contributed by atoms with Gasteiger partial charge in [0.15, 0.2) is 0 Å². The summed E-state index contributed by atoms with van der Waals surface area (Å²) >= 11 is 3.29. The Bertz CT molecular complexity index is 658. The number of ether oxygens (including phenoxy) is 1. The van der Waals surface area contributed by atoms with E-state index >= 15 is 0 Å². The summed E-state index contributed by atoms with van der Waals surface area (Å²) in [6.07, 6.45) is 0. The van der Waals surface area contributed by atoms with Gasteiger partial charge in [0.05, 0.1) is 10.5 Å². The van der Waals surface area contributed by atoms with Crippen molar-refractivity contribution < 1.29 is 14.8 Å². The first kappa shape index (κ1) is 14.3. The van der Waals surface area contributed by atoms with Gasteiger partial charge in [-0.3, -0.25) is 10.1 Å². The number of aromatic hydroxyl groups is 1. The van der Waals surface area contributed by atoms with Crippen molar-refractivity contribution >= 4 is 21.6 Å². The number of rotatable bonds is 4. The largest absolute Gasteiger partial charge is 0.508 e. The molecule has 0 heterocycles. The number of phenolic OH excluding ortho intramolecular Hbond substituents is 1. The Morgan fingerprint density at radius 2 is 2.10 bits per heavy atom. The third-order valence-electron chi connectivity index (χ3n) is 2.82. The van der Waals surface area contributed by atoms with Gasteiger partial charge in [-0.2, -0.15) is 0 Å². The molecule has 2 aromatic carbocycles. The predicted octanol–water partition coefficient (Wildman–Crippen LogP) is 3.95. The van der Waals surface area contributed by atoms with E-state index in [-0.39, 0.29) is 18.0 Å². The van der Waals surface area contributed by atoms with Gasteiger partial charge in [-0.05, 0) is 36.8 Å². The molecule has 0 radical (unpaired) electrons. The van der Waals surface area contributed by atoms with Gasteiger partial charge in [-0.15, -0.1) is 0 Å². The minimum Gasteiger partial charge on any atom is -0.508 e. The minimum atomic E-state index is -0.437. The van der Waals surface area contributed by atoms with Crippen molar-refractivity contribution in [2.75, 3.05) is 0 Å². The first-order valence-corrected chi connectivity index (χ1v) is 6.62. The average molecular weight is 338 g/mol. The summed E-state index contributed by atoms with van der Waals surface area (Å²) in [6.45, 7) is 1.87. The lowest BCUT2D eigenvalue weighted by Crippen LogP contribution is -2.02. The van der Waals surface area contributed by atoms with Crippen LogP contribution in [0.3, 0.4) is 0 Å². The highest BCUT2D eigenvalue weighted by atomic mass is 79.9. The molecule has 0 spiro atoms. The first-order chi connectivity index (χ1) is 9.49. The van der Waals surface area contributed by atoms with E-state index < -0.39 is 4.92 Å².